The van der Waals surface area contributed by atoms with Crippen molar-refractivity contribution in [3.63, 3.8) is 0 Å². The van der Waals surface area contributed by atoms with Gasteiger partial charge >= 0.3 is 5.97 Å². The molecule has 3 heterocycles. The monoisotopic (exact) mass is 461 g/mol. The zero-order valence-corrected chi connectivity index (χ0v) is 19.2. The minimum absolute atomic E-state index is 0.278. The summed E-state index contributed by atoms with van der Waals surface area (Å²) in [7, 11) is 0. The molecule has 0 aliphatic rings. The van der Waals surface area contributed by atoms with E-state index >= 15 is 0 Å². The number of tetrazole rings is 1. The predicted molar refractivity (Wildman–Crippen MR) is 121 cm³/mol. The lowest BCUT2D eigenvalue weighted by Crippen LogP contribution is -2.24. The zero-order valence-electron chi connectivity index (χ0n) is 19.2. The SMILES string of the molecule is Cc1ccc(-c2nnn(CC(=O)OCC(=O)Nc3cc(C)nn3-c3nc(C)cc(C)n3)n2)cc1. The number of nitrogens with zero attached hydrogens (tertiary/aromatic N) is 8. The highest BCUT2D eigenvalue weighted by atomic mass is 16.5. The molecule has 0 saturated heterocycles. The number of rotatable bonds is 7. The molecule has 0 radical (unpaired) electrons. The van der Waals surface area contributed by atoms with Crippen LogP contribution in [-0.4, -0.2) is 58.4 Å². The van der Waals surface area contributed by atoms with Crippen molar-refractivity contribution in [1.29, 1.82) is 0 Å². The van der Waals surface area contributed by atoms with Crippen LogP contribution in [-0.2, 0) is 20.9 Å². The molecule has 12 nitrogen and oxygen atoms in total. The first-order valence-corrected chi connectivity index (χ1v) is 10.5. The van der Waals surface area contributed by atoms with Gasteiger partial charge < -0.3 is 10.1 Å². The van der Waals surface area contributed by atoms with Gasteiger partial charge in [0.15, 0.2) is 13.2 Å². The van der Waals surface area contributed by atoms with Crippen LogP contribution in [0.5, 0.6) is 0 Å². The molecule has 0 unspecified atom stereocenters. The van der Waals surface area contributed by atoms with Crippen LogP contribution in [0.25, 0.3) is 17.3 Å². The van der Waals surface area contributed by atoms with Crippen molar-refractivity contribution < 1.29 is 14.3 Å². The van der Waals surface area contributed by atoms with Gasteiger partial charge in [-0.3, -0.25) is 4.79 Å². The quantitative estimate of drug-likeness (QED) is 0.407. The number of carbonyl (C=O) groups excluding carboxylic acids is 2. The number of aromatic nitrogens is 8. The summed E-state index contributed by atoms with van der Waals surface area (Å²) in [6.07, 6.45) is 0. The molecule has 0 aliphatic carbocycles. The van der Waals surface area contributed by atoms with Crippen LogP contribution in [0.1, 0.15) is 22.6 Å². The largest absolute Gasteiger partial charge is 0.454 e. The van der Waals surface area contributed by atoms with Gasteiger partial charge in [-0.15, -0.1) is 10.2 Å². The van der Waals surface area contributed by atoms with Gasteiger partial charge in [-0.05, 0) is 39.0 Å². The Hall–Kier alpha value is -4.48. The topological polar surface area (TPSA) is 143 Å². The van der Waals surface area contributed by atoms with Crippen molar-refractivity contribution in [1.82, 2.24) is 40.0 Å². The predicted octanol–water partition coefficient (Wildman–Crippen LogP) is 1.73. The first-order chi connectivity index (χ1) is 16.3. The molecule has 1 amide bonds. The fourth-order valence-electron chi connectivity index (χ4n) is 3.16. The third-order valence-electron chi connectivity index (χ3n) is 4.66. The molecule has 174 valence electrons. The molecule has 0 saturated carbocycles. The van der Waals surface area contributed by atoms with Crippen molar-refractivity contribution in [2.75, 3.05) is 11.9 Å². The van der Waals surface area contributed by atoms with Crippen LogP contribution in [0.2, 0.25) is 0 Å². The molecule has 34 heavy (non-hydrogen) atoms. The summed E-state index contributed by atoms with van der Waals surface area (Å²) in [6.45, 7) is 6.69. The van der Waals surface area contributed by atoms with Gasteiger partial charge in [0, 0.05) is 23.0 Å². The van der Waals surface area contributed by atoms with Gasteiger partial charge in [0.2, 0.25) is 5.82 Å². The first-order valence-electron chi connectivity index (χ1n) is 10.5. The number of ether oxygens (including phenoxy) is 1. The molecule has 4 aromatic rings. The summed E-state index contributed by atoms with van der Waals surface area (Å²) in [4.78, 5) is 34.4. The number of nitrogens with one attached hydrogen (secondary N) is 1. The van der Waals surface area contributed by atoms with Gasteiger partial charge in [0.25, 0.3) is 11.9 Å². The van der Waals surface area contributed by atoms with E-state index in [0.717, 1.165) is 27.3 Å². The van der Waals surface area contributed by atoms with E-state index in [2.05, 4.69) is 35.8 Å². The summed E-state index contributed by atoms with van der Waals surface area (Å²) in [5, 5.41) is 19.0. The highest BCUT2D eigenvalue weighted by Gasteiger charge is 2.16. The van der Waals surface area contributed by atoms with Crippen LogP contribution in [0.3, 0.4) is 0 Å². The van der Waals surface area contributed by atoms with Crippen LogP contribution < -0.4 is 5.32 Å². The molecule has 0 spiro atoms. The Balaban J connectivity index is 1.34. The van der Waals surface area contributed by atoms with Crippen molar-refractivity contribution in [3.8, 4) is 17.3 Å². The van der Waals surface area contributed by atoms with Gasteiger partial charge in [-0.1, -0.05) is 29.8 Å². The number of carbonyl (C=O) groups is 2. The summed E-state index contributed by atoms with van der Waals surface area (Å²) in [6, 6.07) is 11.1. The van der Waals surface area contributed by atoms with E-state index in [1.165, 1.54) is 4.68 Å². The van der Waals surface area contributed by atoms with E-state index in [-0.39, 0.29) is 6.54 Å². The molecule has 12 heteroatoms. The number of amides is 1. The van der Waals surface area contributed by atoms with Crippen molar-refractivity contribution in [2.24, 2.45) is 0 Å². The second kappa shape index (κ2) is 9.57. The number of benzene rings is 1. The van der Waals surface area contributed by atoms with E-state index in [4.69, 9.17) is 4.74 Å². The molecule has 4 rings (SSSR count). The van der Waals surface area contributed by atoms with Crippen LogP contribution in [0.4, 0.5) is 5.82 Å². The lowest BCUT2D eigenvalue weighted by Gasteiger charge is -2.09. The number of hydrogen-bond donors (Lipinski definition) is 1. The third-order valence-corrected chi connectivity index (χ3v) is 4.66. The van der Waals surface area contributed by atoms with Crippen molar-refractivity contribution >= 4 is 17.7 Å². The molecular weight excluding hydrogens is 438 g/mol. The Morgan fingerprint density at radius 3 is 2.35 bits per heavy atom. The lowest BCUT2D eigenvalue weighted by atomic mass is 10.1. The van der Waals surface area contributed by atoms with E-state index in [0.29, 0.717) is 23.3 Å². The normalized spacial score (nSPS) is 10.8. The maximum absolute atomic E-state index is 12.4. The van der Waals surface area contributed by atoms with Crippen LogP contribution in [0, 0.1) is 27.7 Å². The highest BCUT2D eigenvalue weighted by Crippen LogP contribution is 2.16. The standard InChI is InChI=1S/C22H23N9O3/c1-13-5-7-17(8-6-13)21-26-29-30(28-21)11-20(33)34-12-19(32)25-18-10-16(4)27-31(18)22-23-14(2)9-15(3)24-22/h5-10H,11-12H2,1-4H3,(H,25,32). The summed E-state index contributed by atoms with van der Waals surface area (Å²) < 4.78 is 6.49. The van der Waals surface area contributed by atoms with Crippen molar-refractivity contribution in [2.45, 2.75) is 34.2 Å². The highest BCUT2D eigenvalue weighted by molar-refractivity contribution is 5.92. The maximum Gasteiger partial charge on any atom is 0.330 e. The Morgan fingerprint density at radius 2 is 1.65 bits per heavy atom. The zero-order chi connectivity index (χ0) is 24.2. The minimum Gasteiger partial charge on any atom is -0.454 e. The summed E-state index contributed by atoms with van der Waals surface area (Å²) >= 11 is 0. The molecule has 0 atom stereocenters. The molecule has 0 aliphatic heterocycles. The average molecular weight is 461 g/mol. The van der Waals surface area contributed by atoms with Gasteiger partial charge in [0.1, 0.15) is 5.82 Å². The minimum atomic E-state index is -0.676. The molecular formula is C22H23N9O3. The fourth-order valence-corrected chi connectivity index (χ4v) is 3.16. The Morgan fingerprint density at radius 1 is 0.941 bits per heavy atom. The smallest absolute Gasteiger partial charge is 0.330 e. The average Bonchev–Trinajstić information content (AvgIpc) is 3.38. The molecule has 0 fully saturated rings. The van der Waals surface area contributed by atoms with Gasteiger partial charge in [-0.25, -0.2) is 14.8 Å². The summed E-state index contributed by atoms with van der Waals surface area (Å²) in [5.41, 5.74) is 4.10. The Kier molecular flexibility index (Phi) is 6.39. The molecule has 3 aromatic heterocycles. The van der Waals surface area contributed by atoms with Crippen LogP contribution >= 0.6 is 0 Å². The molecule has 1 aromatic carbocycles. The van der Waals surface area contributed by atoms with Gasteiger partial charge in [-0.2, -0.15) is 14.6 Å². The fraction of sp³-hybridized carbons (Fsp3) is 0.273. The number of anilines is 1. The number of aryl methyl sites for hydroxylation is 4. The Bertz CT molecular complexity index is 1320. The maximum atomic E-state index is 12.4. The van der Waals surface area contributed by atoms with E-state index in [1.807, 2.05) is 51.1 Å². The van der Waals surface area contributed by atoms with Crippen molar-refractivity contribution in [3.05, 3.63) is 59.0 Å². The van der Waals surface area contributed by atoms with E-state index < -0.39 is 18.5 Å². The van der Waals surface area contributed by atoms with E-state index in [1.54, 1.807) is 13.0 Å². The number of hydrogen-bond acceptors (Lipinski definition) is 9. The van der Waals surface area contributed by atoms with E-state index in [9.17, 15) is 9.59 Å². The van der Waals surface area contributed by atoms with Crippen LogP contribution in [0.15, 0.2) is 36.4 Å². The molecule has 0 bridgehead atoms. The second-order valence-corrected chi connectivity index (χ2v) is 7.75. The second-order valence-electron chi connectivity index (χ2n) is 7.75. The lowest BCUT2D eigenvalue weighted by molar-refractivity contribution is -0.148. The first kappa shape index (κ1) is 22.7. The third kappa shape index (κ3) is 5.46. The van der Waals surface area contributed by atoms with Gasteiger partial charge in [0.05, 0.1) is 5.69 Å². The molecule has 1 N–H and O–H groups in total. The summed E-state index contributed by atoms with van der Waals surface area (Å²) in [5.74, 6) is -0.123. The Labute approximate surface area is 195 Å². The number of esters is 1.